The summed E-state index contributed by atoms with van der Waals surface area (Å²) in [5.41, 5.74) is 8.15. The van der Waals surface area contributed by atoms with Gasteiger partial charge in [-0.15, -0.1) is 0 Å². The lowest BCUT2D eigenvalue weighted by Crippen LogP contribution is -2.09. The van der Waals surface area contributed by atoms with Crippen LogP contribution in [0.25, 0.3) is 0 Å². The summed E-state index contributed by atoms with van der Waals surface area (Å²) in [5.74, 6) is 0.863. The molecule has 0 spiro atoms. The molecule has 2 N–H and O–H groups in total. The lowest BCUT2D eigenvalue weighted by molar-refractivity contribution is 0.303. The van der Waals surface area contributed by atoms with Gasteiger partial charge in [0, 0.05) is 18.0 Å². The lowest BCUT2D eigenvalue weighted by Gasteiger charge is -2.14. The third-order valence-corrected chi connectivity index (χ3v) is 2.60. The number of nitrogens with two attached hydrogens (primary N) is 1. The Bertz CT molecular complexity index is 394. The molecule has 1 aromatic carbocycles. The average molecular weight is 232 g/mol. The first-order chi connectivity index (χ1) is 8.15. The van der Waals surface area contributed by atoms with Crippen LogP contribution in [0.4, 0.5) is 0 Å². The molecule has 3 heteroatoms. The van der Waals surface area contributed by atoms with Gasteiger partial charge < -0.3 is 10.5 Å². The van der Waals surface area contributed by atoms with Gasteiger partial charge in [0.25, 0.3) is 0 Å². The van der Waals surface area contributed by atoms with Crippen LogP contribution in [0.5, 0.6) is 5.75 Å². The molecule has 1 atom stereocenters. The zero-order valence-corrected chi connectivity index (χ0v) is 10.6. The first-order valence-electron chi connectivity index (χ1n) is 6.01. The van der Waals surface area contributed by atoms with Crippen LogP contribution < -0.4 is 10.5 Å². The van der Waals surface area contributed by atoms with E-state index >= 15 is 0 Å². The van der Waals surface area contributed by atoms with Crippen molar-refractivity contribution >= 4 is 0 Å². The smallest absolute Gasteiger partial charge is 0.124 e. The van der Waals surface area contributed by atoms with Crippen molar-refractivity contribution in [3.8, 4) is 11.8 Å². The van der Waals surface area contributed by atoms with Crippen LogP contribution in [0.3, 0.4) is 0 Å². The molecule has 0 saturated heterocycles. The van der Waals surface area contributed by atoms with E-state index < -0.39 is 0 Å². The molecule has 3 nitrogen and oxygen atoms in total. The fourth-order valence-corrected chi connectivity index (χ4v) is 1.64. The number of aryl methyl sites for hydroxylation is 1. The number of ether oxygens (including phenoxy) is 1. The van der Waals surface area contributed by atoms with Gasteiger partial charge in [-0.1, -0.05) is 17.7 Å². The standard InChI is InChI=1S/C14H20N2O/c1-11-6-7-14(13(10-11)12(2)16)17-9-5-3-4-8-15/h6-7,10,12H,3-5,9,16H2,1-2H3/t12-/m1/s1. The van der Waals surface area contributed by atoms with Crippen LogP contribution in [0.1, 0.15) is 43.4 Å². The largest absolute Gasteiger partial charge is 0.493 e. The number of benzene rings is 1. The highest BCUT2D eigenvalue weighted by atomic mass is 16.5. The molecule has 0 unspecified atom stereocenters. The van der Waals surface area contributed by atoms with E-state index in [2.05, 4.69) is 12.1 Å². The van der Waals surface area contributed by atoms with Crippen molar-refractivity contribution in [1.29, 1.82) is 5.26 Å². The quantitative estimate of drug-likeness (QED) is 0.767. The van der Waals surface area contributed by atoms with Crippen LogP contribution in [0.2, 0.25) is 0 Å². The van der Waals surface area contributed by atoms with Crippen molar-refractivity contribution in [1.82, 2.24) is 0 Å². The fraction of sp³-hybridized carbons (Fsp3) is 0.500. The third kappa shape index (κ3) is 4.46. The second kappa shape index (κ2) is 6.93. The van der Waals surface area contributed by atoms with E-state index in [9.17, 15) is 0 Å². The molecule has 0 amide bonds. The summed E-state index contributed by atoms with van der Waals surface area (Å²) in [7, 11) is 0. The van der Waals surface area contributed by atoms with Gasteiger partial charge in [-0.2, -0.15) is 5.26 Å². The van der Waals surface area contributed by atoms with E-state index in [1.165, 1.54) is 5.56 Å². The normalized spacial score (nSPS) is 11.9. The number of hydrogen-bond acceptors (Lipinski definition) is 3. The van der Waals surface area contributed by atoms with Gasteiger partial charge in [0.1, 0.15) is 5.75 Å². The number of nitrogens with zero attached hydrogens (tertiary/aromatic N) is 1. The minimum Gasteiger partial charge on any atom is -0.493 e. The number of nitriles is 1. The maximum atomic E-state index is 8.42. The van der Waals surface area contributed by atoms with Crippen molar-refractivity contribution in [2.45, 2.75) is 39.2 Å². The van der Waals surface area contributed by atoms with Gasteiger partial charge in [0.05, 0.1) is 12.7 Å². The van der Waals surface area contributed by atoms with Crippen LogP contribution in [0.15, 0.2) is 18.2 Å². The van der Waals surface area contributed by atoms with E-state index in [1.807, 2.05) is 26.0 Å². The van der Waals surface area contributed by atoms with Crippen LogP contribution in [-0.4, -0.2) is 6.61 Å². The van der Waals surface area contributed by atoms with E-state index in [0.717, 1.165) is 24.2 Å². The molecule has 0 saturated carbocycles. The molecule has 0 aliphatic carbocycles. The highest BCUT2D eigenvalue weighted by Crippen LogP contribution is 2.25. The van der Waals surface area contributed by atoms with Crippen molar-refractivity contribution in [2.75, 3.05) is 6.61 Å². The maximum Gasteiger partial charge on any atom is 0.124 e. The minimum absolute atomic E-state index is 0.0241. The van der Waals surface area contributed by atoms with E-state index in [1.54, 1.807) is 0 Å². The monoisotopic (exact) mass is 232 g/mol. The minimum atomic E-state index is -0.0241. The fourth-order valence-electron chi connectivity index (χ4n) is 1.64. The molecule has 0 fully saturated rings. The molecule has 92 valence electrons. The predicted molar refractivity (Wildman–Crippen MR) is 68.7 cm³/mol. The van der Waals surface area contributed by atoms with E-state index in [0.29, 0.717) is 13.0 Å². The Morgan fingerprint density at radius 2 is 2.18 bits per heavy atom. The Balaban J connectivity index is 2.55. The zero-order valence-electron chi connectivity index (χ0n) is 10.6. The summed E-state index contributed by atoms with van der Waals surface area (Å²) < 4.78 is 5.71. The highest BCUT2D eigenvalue weighted by molar-refractivity contribution is 5.38. The Morgan fingerprint density at radius 1 is 1.41 bits per heavy atom. The summed E-state index contributed by atoms with van der Waals surface area (Å²) in [5, 5.41) is 8.42. The molecule has 0 aliphatic heterocycles. The highest BCUT2D eigenvalue weighted by Gasteiger charge is 2.08. The molecule has 1 rings (SSSR count). The number of unbranched alkanes of at least 4 members (excludes halogenated alkanes) is 2. The van der Waals surface area contributed by atoms with Crippen molar-refractivity contribution in [3.05, 3.63) is 29.3 Å². The molecular formula is C14H20N2O. The van der Waals surface area contributed by atoms with Crippen molar-refractivity contribution in [3.63, 3.8) is 0 Å². The van der Waals surface area contributed by atoms with Gasteiger partial charge >= 0.3 is 0 Å². The van der Waals surface area contributed by atoms with E-state index in [-0.39, 0.29) is 6.04 Å². The van der Waals surface area contributed by atoms with Crippen molar-refractivity contribution < 1.29 is 4.74 Å². The number of rotatable bonds is 6. The molecule has 1 aromatic rings. The molecule has 0 bridgehead atoms. The molecular weight excluding hydrogens is 212 g/mol. The molecule has 0 aromatic heterocycles. The third-order valence-electron chi connectivity index (χ3n) is 2.60. The summed E-state index contributed by atoms with van der Waals surface area (Å²) in [6.45, 7) is 4.64. The van der Waals surface area contributed by atoms with Crippen LogP contribution >= 0.6 is 0 Å². The first kappa shape index (κ1) is 13.5. The van der Waals surface area contributed by atoms with Crippen LogP contribution in [0, 0.1) is 18.3 Å². The predicted octanol–water partition coefficient (Wildman–Crippen LogP) is 3.09. The topological polar surface area (TPSA) is 59.0 Å². The van der Waals surface area contributed by atoms with Gasteiger partial charge in [0.2, 0.25) is 0 Å². The average Bonchev–Trinajstić information content (AvgIpc) is 2.30. The van der Waals surface area contributed by atoms with Crippen LogP contribution in [-0.2, 0) is 0 Å². The zero-order chi connectivity index (χ0) is 12.7. The summed E-state index contributed by atoms with van der Waals surface area (Å²) in [6.07, 6.45) is 2.38. The molecule has 0 heterocycles. The van der Waals surface area contributed by atoms with Gasteiger partial charge in [-0.3, -0.25) is 0 Å². The summed E-state index contributed by atoms with van der Waals surface area (Å²) in [4.78, 5) is 0. The Kier molecular flexibility index (Phi) is 5.51. The molecule has 0 aliphatic rings. The lowest BCUT2D eigenvalue weighted by atomic mass is 10.1. The molecule has 17 heavy (non-hydrogen) atoms. The second-order valence-corrected chi connectivity index (χ2v) is 4.29. The Labute approximate surface area is 103 Å². The maximum absolute atomic E-state index is 8.42. The summed E-state index contributed by atoms with van der Waals surface area (Å²) in [6, 6.07) is 8.16. The van der Waals surface area contributed by atoms with Crippen molar-refractivity contribution in [2.24, 2.45) is 5.73 Å². The summed E-state index contributed by atoms with van der Waals surface area (Å²) >= 11 is 0. The number of hydrogen-bond donors (Lipinski definition) is 1. The first-order valence-corrected chi connectivity index (χ1v) is 6.01. The van der Waals surface area contributed by atoms with Gasteiger partial charge in [-0.25, -0.2) is 0 Å². The SMILES string of the molecule is Cc1ccc(OCCCCC#N)c([C@@H](C)N)c1. The van der Waals surface area contributed by atoms with E-state index in [4.69, 9.17) is 15.7 Å². The Morgan fingerprint density at radius 3 is 2.82 bits per heavy atom. The van der Waals surface area contributed by atoms with Gasteiger partial charge in [0.15, 0.2) is 0 Å². The molecule has 0 radical (unpaired) electrons. The Hall–Kier alpha value is -1.53. The van der Waals surface area contributed by atoms with Gasteiger partial charge in [-0.05, 0) is 32.8 Å². The second-order valence-electron chi connectivity index (χ2n) is 4.29.